The third-order valence-corrected chi connectivity index (χ3v) is 7.92. The molecule has 3 aromatic rings. The lowest BCUT2D eigenvalue weighted by atomic mass is 9.84. The number of Topliss-reactive ketones (excluding diaryl/α,β-unsaturated/α-hetero) is 1. The van der Waals surface area contributed by atoms with Crippen LogP contribution in [0.1, 0.15) is 55.0 Å². The zero-order valence-electron chi connectivity index (χ0n) is 18.0. The lowest BCUT2D eigenvalue weighted by Crippen LogP contribution is -2.24. The summed E-state index contributed by atoms with van der Waals surface area (Å²) in [5.74, 6) is 2.89. The number of para-hydroxylation sites is 1. The standard InChI is InChI=1S/C24H27FN4O2S/c1-15(18-12-16-8-9-17(18)11-16)29-23(13-31-22-7-3-2-5-19(22)25)27-28-24(29)32-14-21(30)20-6-4-10-26-20/h2-7,10,15-18,26H,8-9,11-14H2,1H3/t15-,16-,17-,18-/m1/s1. The molecule has 0 amide bonds. The SMILES string of the molecule is C[C@H]([C@H]1C[C@@H]2CC[C@@H]1C2)n1c(COc2ccccc2F)nnc1SCC(=O)c1ccc[nH]1. The summed E-state index contributed by atoms with van der Waals surface area (Å²) in [6, 6.07) is 10.2. The lowest BCUT2D eigenvalue weighted by molar-refractivity contribution is 0.101. The van der Waals surface area contributed by atoms with Gasteiger partial charge in [-0.05, 0) is 68.2 Å². The second-order valence-electron chi connectivity index (χ2n) is 8.86. The van der Waals surface area contributed by atoms with Crippen molar-refractivity contribution in [2.45, 2.75) is 50.4 Å². The first kappa shape index (κ1) is 21.2. The van der Waals surface area contributed by atoms with Gasteiger partial charge >= 0.3 is 0 Å². The number of aromatic nitrogens is 4. The van der Waals surface area contributed by atoms with E-state index in [2.05, 4.69) is 26.7 Å². The Hall–Kier alpha value is -2.61. The molecule has 1 N–H and O–H groups in total. The number of rotatable bonds is 9. The van der Waals surface area contributed by atoms with Crippen LogP contribution in [0.3, 0.4) is 0 Å². The number of aromatic amines is 1. The number of thioether (sulfide) groups is 1. The van der Waals surface area contributed by atoms with Crippen LogP contribution in [-0.4, -0.2) is 31.3 Å². The number of H-pyrrole nitrogens is 1. The molecule has 1 aromatic carbocycles. The number of nitrogens with zero attached hydrogens (tertiary/aromatic N) is 3. The minimum absolute atomic E-state index is 0.0197. The van der Waals surface area contributed by atoms with Gasteiger partial charge in [0.1, 0.15) is 6.61 Å². The van der Waals surface area contributed by atoms with Gasteiger partial charge in [-0.1, -0.05) is 30.3 Å². The molecule has 0 aliphatic heterocycles. The number of hydrogen-bond acceptors (Lipinski definition) is 5. The van der Waals surface area contributed by atoms with Crippen molar-refractivity contribution in [2.75, 3.05) is 5.75 Å². The number of benzene rings is 1. The van der Waals surface area contributed by atoms with Gasteiger partial charge in [-0.15, -0.1) is 10.2 Å². The predicted octanol–water partition coefficient (Wildman–Crippen LogP) is 5.30. The number of nitrogens with one attached hydrogen (secondary N) is 1. The van der Waals surface area contributed by atoms with E-state index < -0.39 is 5.82 Å². The molecule has 2 saturated carbocycles. The molecule has 0 saturated heterocycles. The summed E-state index contributed by atoms with van der Waals surface area (Å²) >= 11 is 1.40. The zero-order valence-corrected chi connectivity index (χ0v) is 18.9. The van der Waals surface area contributed by atoms with E-state index in [9.17, 15) is 9.18 Å². The zero-order chi connectivity index (χ0) is 22.1. The van der Waals surface area contributed by atoms with Crippen molar-refractivity contribution in [3.63, 3.8) is 0 Å². The first-order chi connectivity index (χ1) is 15.6. The van der Waals surface area contributed by atoms with E-state index in [1.54, 1.807) is 30.5 Å². The Morgan fingerprint density at radius 2 is 2.12 bits per heavy atom. The molecule has 5 rings (SSSR count). The Morgan fingerprint density at radius 3 is 2.84 bits per heavy atom. The molecular formula is C24H27FN4O2S. The highest BCUT2D eigenvalue weighted by Crippen LogP contribution is 2.52. The van der Waals surface area contributed by atoms with Gasteiger partial charge in [-0.2, -0.15) is 0 Å². The fraction of sp³-hybridized carbons (Fsp3) is 0.458. The first-order valence-electron chi connectivity index (χ1n) is 11.2. The van der Waals surface area contributed by atoms with E-state index >= 15 is 0 Å². The molecule has 6 nitrogen and oxygen atoms in total. The third kappa shape index (κ3) is 4.20. The van der Waals surface area contributed by atoms with Crippen molar-refractivity contribution < 1.29 is 13.9 Å². The van der Waals surface area contributed by atoms with Gasteiger partial charge in [0.2, 0.25) is 0 Å². The monoisotopic (exact) mass is 454 g/mol. The Bertz CT molecular complexity index is 1080. The van der Waals surface area contributed by atoms with Gasteiger partial charge in [-0.3, -0.25) is 9.36 Å². The minimum atomic E-state index is -0.397. The lowest BCUT2D eigenvalue weighted by Gasteiger charge is -2.30. The average Bonchev–Trinajstić information content (AvgIpc) is 3.60. The topological polar surface area (TPSA) is 72.8 Å². The second kappa shape index (κ2) is 9.10. The van der Waals surface area contributed by atoms with Crippen molar-refractivity contribution in [3.05, 3.63) is 59.9 Å². The molecule has 4 atom stereocenters. The summed E-state index contributed by atoms with van der Waals surface area (Å²) in [7, 11) is 0. The van der Waals surface area contributed by atoms with E-state index in [0.717, 1.165) is 11.8 Å². The molecule has 0 spiro atoms. The molecule has 168 valence electrons. The summed E-state index contributed by atoms with van der Waals surface area (Å²) in [5.41, 5.74) is 0.591. The number of fused-ring (bicyclic) bond motifs is 2. The third-order valence-electron chi connectivity index (χ3n) is 6.98. The molecule has 2 heterocycles. The Morgan fingerprint density at radius 1 is 1.25 bits per heavy atom. The second-order valence-corrected chi connectivity index (χ2v) is 9.81. The van der Waals surface area contributed by atoms with Gasteiger partial charge in [0.15, 0.2) is 28.3 Å². The number of ketones is 1. The fourth-order valence-electron chi connectivity index (χ4n) is 5.41. The molecule has 0 radical (unpaired) electrons. The highest BCUT2D eigenvalue weighted by Gasteiger charge is 2.43. The van der Waals surface area contributed by atoms with Crippen LogP contribution in [0, 0.1) is 23.6 Å². The van der Waals surface area contributed by atoms with Crippen molar-refractivity contribution in [2.24, 2.45) is 17.8 Å². The summed E-state index contributed by atoms with van der Waals surface area (Å²) < 4.78 is 21.9. The van der Waals surface area contributed by atoms with E-state index in [-0.39, 0.29) is 29.9 Å². The van der Waals surface area contributed by atoms with Crippen molar-refractivity contribution in [1.82, 2.24) is 19.7 Å². The smallest absolute Gasteiger partial charge is 0.192 e. The quantitative estimate of drug-likeness (QED) is 0.351. The van der Waals surface area contributed by atoms with Crippen LogP contribution in [0.25, 0.3) is 0 Å². The molecule has 8 heteroatoms. The molecule has 2 bridgehead atoms. The largest absolute Gasteiger partial charge is 0.483 e. The average molecular weight is 455 g/mol. The molecule has 2 aliphatic carbocycles. The first-order valence-corrected chi connectivity index (χ1v) is 12.2. The van der Waals surface area contributed by atoms with Gasteiger partial charge in [0.25, 0.3) is 0 Å². The maximum atomic E-state index is 14.0. The molecular weight excluding hydrogens is 427 g/mol. The minimum Gasteiger partial charge on any atom is -0.483 e. The van der Waals surface area contributed by atoms with Gasteiger partial charge in [0, 0.05) is 12.2 Å². The molecule has 2 aliphatic rings. The van der Waals surface area contributed by atoms with Crippen LogP contribution in [-0.2, 0) is 6.61 Å². The molecule has 32 heavy (non-hydrogen) atoms. The summed E-state index contributed by atoms with van der Waals surface area (Å²) in [6.45, 7) is 2.35. The Balaban J connectivity index is 1.37. The van der Waals surface area contributed by atoms with Crippen LogP contribution < -0.4 is 4.74 Å². The predicted molar refractivity (Wildman–Crippen MR) is 120 cm³/mol. The summed E-state index contributed by atoms with van der Waals surface area (Å²) in [5, 5.41) is 9.50. The normalized spacial score (nSPS) is 22.9. The van der Waals surface area contributed by atoms with E-state index in [1.165, 1.54) is 43.5 Å². The van der Waals surface area contributed by atoms with Crippen molar-refractivity contribution >= 4 is 17.5 Å². The number of halogens is 1. The van der Waals surface area contributed by atoms with Crippen molar-refractivity contribution in [1.29, 1.82) is 0 Å². The van der Waals surface area contributed by atoms with Crippen LogP contribution in [0.2, 0.25) is 0 Å². The van der Waals surface area contributed by atoms with E-state index in [0.29, 0.717) is 22.6 Å². The van der Waals surface area contributed by atoms with Crippen molar-refractivity contribution in [3.8, 4) is 5.75 Å². The van der Waals surface area contributed by atoms with Crippen LogP contribution in [0.15, 0.2) is 47.8 Å². The summed E-state index contributed by atoms with van der Waals surface area (Å²) in [6.07, 6.45) is 6.91. The van der Waals surface area contributed by atoms with Crippen LogP contribution in [0.4, 0.5) is 4.39 Å². The molecule has 2 aromatic heterocycles. The number of hydrogen-bond donors (Lipinski definition) is 1. The highest BCUT2D eigenvalue weighted by atomic mass is 32.2. The number of ether oxygens (including phenoxy) is 1. The maximum Gasteiger partial charge on any atom is 0.192 e. The van der Waals surface area contributed by atoms with Gasteiger partial charge in [0.05, 0.1) is 11.4 Å². The molecule has 0 unspecified atom stereocenters. The van der Waals surface area contributed by atoms with Crippen LogP contribution in [0.5, 0.6) is 5.75 Å². The van der Waals surface area contributed by atoms with E-state index in [1.807, 2.05) is 6.07 Å². The number of carbonyl (C=O) groups excluding carboxylic acids is 1. The highest BCUT2D eigenvalue weighted by molar-refractivity contribution is 7.99. The summed E-state index contributed by atoms with van der Waals surface area (Å²) in [4.78, 5) is 15.5. The molecule has 2 fully saturated rings. The Kier molecular flexibility index (Phi) is 6.04. The van der Waals surface area contributed by atoms with E-state index in [4.69, 9.17) is 4.74 Å². The Labute approximate surface area is 191 Å². The fourth-order valence-corrected chi connectivity index (χ4v) is 6.33. The van der Waals surface area contributed by atoms with Gasteiger partial charge < -0.3 is 9.72 Å². The maximum absolute atomic E-state index is 14.0. The van der Waals surface area contributed by atoms with Gasteiger partial charge in [-0.25, -0.2) is 4.39 Å². The number of carbonyl (C=O) groups is 1. The van der Waals surface area contributed by atoms with Crippen LogP contribution >= 0.6 is 11.8 Å².